The molecule has 1 aliphatic rings. The van der Waals surface area contributed by atoms with E-state index in [1.54, 1.807) is 0 Å². The van der Waals surface area contributed by atoms with E-state index in [1.807, 2.05) is 48.8 Å². The highest BCUT2D eigenvalue weighted by Gasteiger charge is 2.22. The third kappa shape index (κ3) is 3.78. The van der Waals surface area contributed by atoms with E-state index in [2.05, 4.69) is 26.1 Å². The zero-order valence-corrected chi connectivity index (χ0v) is 14.8. The molecule has 1 saturated carbocycles. The molecule has 0 bridgehead atoms. The van der Waals surface area contributed by atoms with Crippen LogP contribution >= 0.6 is 0 Å². The van der Waals surface area contributed by atoms with E-state index in [0.717, 1.165) is 48.5 Å². The van der Waals surface area contributed by atoms with Gasteiger partial charge in [0.05, 0.1) is 11.9 Å². The summed E-state index contributed by atoms with van der Waals surface area (Å²) >= 11 is 0. The minimum Gasteiger partial charge on any atom is -0.326 e. The molecule has 1 amide bonds. The van der Waals surface area contributed by atoms with Gasteiger partial charge < -0.3 is 15.0 Å². The molecule has 2 aromatic heterocycles. The monoisotopic (exact) mass is 348 g/mol. The van der Waals surface area contributed by atoms with Crippen LogP contribution in [0.1, 0.15) is 36.9 Å². The summed E-state index contributed by atoms with van der Waals surface area (Å²) in [7, 11) is 0. The molecule has 0 saturated heterocycles. The lowest BCUT2D eigenvalue weighted by atomic mass is 10.1. The molecule has 1 aliphatic carbocycles. The number of fused-ring (bicyclic) bond motifs is 1. The number of carbonyl (C=O) groups excluding carboxylic acids is 1. The minimum absolute atomic E-state index is 0.165. The molecule has 2 heterocycles. The molecule has 0 aliphatic heterocycles. The first kappa shape index (κ1) is 16.8. The fourth-order valence-corrected chi connectivity index (χ4v) is 3.64. The summed E-state index contributed by atoms with van der Waals surface area (Å²) in [4.78, 5) is 16.7. The summed E-state index contributed by atoms with van der Waals surface area (Å²) in [6.07, 6.45) is 8.31. The number of nitrogens with one attached hydrogen (secondary N) is 2. The van der Waals surface area contributed by atoms with Crippen LogP contribution < -0.4 is 10.6 Å². The van der Waals surface area contributed by atoms with Crippen molar-refractivity contribution in [1.29, 1.82) is 0 Å². The number of rotatable bonds is 6. The van der Waals surface area contributed by atoms with Crippen LogP contribution in [0.2, 0.25) is 0 Å². The van der Waals surface area contributed by atoms with Gasteiger partial charge in [-0.2, -0.15) is 0 Å². The number of imidazole rings is 1. The SMILES string of the molecule is O=C(Nc1cccc(CNCc2cnc3ccccn23)c1)C1CCCC1. The highest BCUT2D eigenvalue weighted by atomic mass is 16.1. The maximum atomic E-state index is 12.3. The Balaban J connectivity index is 1.34. The second-order valence-corrected chi connectivity index (χ2v) is 6.95. The maximum absolute atomic E-state index is 12.3. The standard InChI is InChI=1S/C21H24N4O/c26-21(17-7-1-2-8-17)24-18-9-5-6-16(12-18)13-22-14-19-15-23-20-10-3-4-11-25(19)20/h3-6,9-12,15,17,22H,1-2,7-8,13-14H2,(H,24,26). The Kier molecular flexibility index (Phi) is 4.97. The molecule has 4 rings (SSSR count). The summed E-state index contributed by atoms with van der Waals surface area (Å²) in [5.74, 6) is 0.352. The highest BCUT2D eigenvalue weighted by molar-refractivity contribution is 5.92. The molecular formula is C21H24N4O. The van der Waals surface area contributed by atoms with Crippen molar-refractivity contribution < 1.29 is 4.79 Å². The predicted molar refractivity (Wildman–Crippen MR) is 103 cm³/mol. The van der Waals surface area contributed by atoms with E-state index in [9.17, 15) is 4.79 Å². The molecule has 1 fully saturated rings. The molecule has 0 spiro atoms. The Morgan fingerprint density at radius 2 is 2.00 bits per heavy atom. The van der Waals surface area contributed by atoms with Gasteiger partial charge in [-0.25, -0.2) is 4.98 Å². The predicted octanol–water partition coefficient (Wildman–Crippen LogP) is 3.75. The van der Waals surface area contributed by atoms with Gasteiger partial charge in [-0.1, -0.05) is 31.0 Å². The number of aromatic nitrogens is 2. The lowest BCUT2D eigenvalue weighted by Gasteiger charge is -2.12. The molecular weight excluding hydrogens is 324 g/mol. The Morgan fingerprint density at radius 3 is 2.88 bits per heavy atom. The van der Waals surface area contributed by atoms with Crippen LogP contribution in [0.15, 0.2) is 54.9 Å². The maximum Gasteiger partial charge on any atom is 0.227 e. The molecule has 5 heteroatoms. The Bertz CT molecular complexity index is 896. The summed E-state index contributed by atoms with van der Waals surface area (Å²) in [6, 6.07) is 14.1. The van der Waals surface area contributed by atoms with Crippen LogP contribution in [0.3, 0.4) is 0 Å². The molecule has 0 radical (unpaired) electrons. The number of hydrogen-bond acceptors (Lipinski definition) is 3. The van der Waals surface area contributed by atoms with Gasteiger partial charge in [0.25, 0.3) is 0 Å². The smallest absolute Gasteiger partial charge is 0.227 e. The third-order valence-corrected chi connectivity index (χ3v) is 5.05. The number of hydrogen-bond donors (Lipinski definition) is 2. The average Bonchev–Trinajstić information content (AvgIpc) is 3.32. The van der Waals surface area contributed by atoms with E-state index < -0.39 is 0 Å². The van der Waals surface area contributed by atoms with E-state index in [4.69, 9.17) is 0 Å². The van der Waals surface area contributed by atoms with Gasteiger partial charge in [-0.15, -0.1) is 0 Å². The van der Waals surface area contributed by atoms with Gasteiger partial charge in [0.2, 0.25) is 5.91 Å². The number of pyridine rings is 1. The van der Waals surface area contributed by atoms with Crippen LogP contribution in [0.4, 0.5) is 5.69 Å². The molecule has 134 valence electrons. The summed E-state index contributed by atoms with van der Waals surface area (Å²) in [5, 5.41) is 6.53. The van der Waals surface area contributed by atoms with Crippen LogP contribution in [0, 0.1) is 5.92 Å². The molecule has 2 N–H and O–H groups in total. The van der Waals surface area contributed by atoms with Crippen molar-refractivity contribution in [3.05, 3.63) is 66.1 Å². The molecule has 26 heavy (non-hydrogen) atoms. The zero-order valence-electron chi connectivity index (χ0n) is 14.8. The molecule has 0 atom stereocenters. The topological polar surface area (TPSA) is 58.4 Å². The van der Waals surface area contributed by atoms with Gasteiger partial charge in [0.15, 0.2) is 0 Å². The summed E-state index contributed by atoms with van der Waals surface area (Å²) in [5.41, 5.74) is 4.13. The largest absolute Gasteiger partial charge is 0.326 e. The van der Waals surface area contributed by atoms with Crippen LogP contribution in [-0.4, -0.2) is 15.3 Å². The van der Waals surface area contributed by atoms with Crippen molar-refractivity contribution in [2.75, 3.05) is 5.32 Å². The average molecular weight is 348 g/mol. The first-order valence-corrected chi connectivity index (χ1v) is 9.31. The molecule has 5 nitrogen and oxygen atoms in total. The minimum atomic E-state index is 0.165. The number of nitrogens with zero attached hydrogens (tertiary/aromatic N) is 2. The van der Waals surface area contributed by atoms with Crippen molar-refractivity contribution >= 4 is 17.2 Å². The fourth-order valence-electron chi connectivity index (χ4n) is 3.64. The third-order valence-electron chi connectivity index (χ3n) is 5.05. The molecule has 0 unspecified atom stereocenters. The highest BCUT2D eigenvalue weighted by Crippen LogP contribution is 2.26. The number of carbonyl (C=O) groups is 1. The van der Waals surface area contributed by atoms with Crippen LogP contribution in [-0.2, 0) is 17.9 Å². The first-order valence-electron chi connectivity index (χ1n) is 9.31. The summed E-state index contributed by atoms with van der Waals surface area (Å²) in [6.45, 7) is 1.48. The van der Waals surface area contributed by atoms with Crippen molar-refractivity contribution in [3.63, 3.8) is 0 Å². The normalized spacial score (nSPS) is 14.8. The lowest BCUT2D eigenvalue weighted by Crippen LogP contribution is -2.20. The van der Waals surface area contributed by atoms with Crippen molar-refractivity contribution in [2.45, 2.75) is 38.8 Å². The Hall–Kier alpha value is -2.66. The zero-order chi connectivity index (χ0) is 17.8. The van der Waals surface area contributed by atoms with E-state index in [1.165, 1.54) is 12.8 Å². The van der Waals surface area contributed by atoms with Gasteiger partial charge in [0, 0.05) is 30.9 Å². The van der Waals surface area contributed by atoms with Gasteiger partial charge in [0.1, 0.15) is 5.65 Å². The Morgan fingerprint density at radius 1 is 1.12 bits per heavy atom. The van der Waals surface area contributed by atoms with Crippen molar-refractivity contribution in [3.8, 4) is 0 Å². The van der Waals surface area contributed by atoms with E-state index in [0.29, 0.717) is 0 Å². The van der Waals surface area contributed by atoms with Crippen LogP contribution in [0.25, 0.3) is 5.65 Å². The second-order valence-electron chi connectivity index (χ2n) is 6.95. The lowest BCUT2D eigenvalue weighted by molar-refractivity contribution is -0.119. The second kappa shape index (κ2) is 7.70. The number of benzene rings is 1. The quantitative estimate of drug-likeness (QED) is 0.713. The summed E-state index contributed by atoms with van der Waals surface area (Å²) < 4.78 is 2.09. The fraction of sp³-hybridized carbons (Fsp3) is 0.333. The van der Waals surface area contributed by atoms with Crippen LogP contribution in [0.5, 0.6) is 0 Å². The molecule has 1 aromatic carbocycles. The van der Waals surface area contributed by atoms with Gasteiger partial charge in [-0.3, -0.25) is 4.79 Å². The molecule has 3 aromatic rings. The van der Waals surface area contributed by atoms with Gasteiger partial charge in [-0.05, 0) is 42.7 Å². The van der Waals surface area contributed by atoms with E-state index >= 15 is 0 Å². The van der Waals surface area contributed by atoms with E-state index in [-0.39, 0.29) is 11.8 Å². The Labute approximate surface area is 153 Å². The first-order chi connectivity index (χ1) is 12.8. The number of anilines is 1. The van der Waals surface area contributed by atoms with Crippen molar-refractivity contribution in [1.82, 2.24) is 14.7 Å². The van der Waals surface area contributed by atoms with Gasteiger partial charge >= 0.3 is 0 Å². The van der Waals surface area contributed by atoms with Crippen molar-refractivity contribution in [2.24, 2.45) is 5.92 Å². The number of amides is 1.